The Balaban J connectivity index is 1.57. The Morgan fingerprint density at radius 2 is 1.83 bits per heavy atom. The summed E-state index contributed by atoms with van der Waals surface area (Å²) in [6.45, 7) is 0.425. The number of urea groups is 1. The summed E-state index contributed by atoms with van der Waals surface area (Å²) in [4.78, 5) is 16.4. The van der Waals surface area contributed by atoms with E-state index in [9.17, 15) is 4.79 Å². The molecule has 0 radical (unpaired) electrons. The molecule has 122 valence electrons. The lowest BCUT2D eigenvalue weighted by Crippen LogP contribution is -2.28. The van der Waals surface area contributed by atoms with Crippen LogP contribution in [-0.2, 0) is 6.54 Å². The smallest absolute Gasteiger partial charge is 0.321 e. The fourth-order valence-electron chi connectivity index (χ4n) is 2.01. The SMILES string of the molecule is O=C(NCc1ccc(Cl)cc1)Nc1nc(-c2ccc(Br)cc2)cs1. The van der Waals surface area contributed by atoms with Crippen LogP contribution in [0.2, 0.25) is 5.02 Å². The van der Waals surface area contributed by atoms with Crippen molar-refractivity contribution in [3.8, 4) is 11.3 Å². The molecule has 24 heavy (non-hydrogen) atoms. The Bertz CT molecular complexity index is 834. The molecule has 0 saturated carbocycles. The first-order valence-electron chi connectivity index (χ1n) is 7.11. The Kier molecular flexibility index (Phi) is 5.50. The summed E-state index contributed by atoms with van der Waals surface area (Å²) < 4.78 is 1.02. The van der Waals surface area contributed by atoms with Gasteiger partial charge in [0.15, 0.2) is 5.13 Å². The largest absolute Gasteiger partial charge is 0.334 e. The number of nitrogens with zero attached hydrogens (tertiary/aromatic N) is 1. The van der Waals surface area contributed by atoms with Crippen molar-refractivity contribution in [1.82, 2.24) is 10.3 Å². The summed E-state index contributed by atoms with van der Waals surface area (Å²) >= 11 is 10.6. The summed E-state index contributed by atoms with van der Waals surface area (Å²) in [5, 5.41) is 8.68. The van der Waals surface area contributed by atoms with E-state index < -0.39 is 0 Å². The molecule has 1 heterocycles. The van der Waals surface area contributed by atoms with Gasteiger partial charge >= 0.3 is 6.03 Å². The lowest BCUT2D eigenvalue weighted by molar-refractivity contribution is 0.251. The minimum Gasteiger partial charge on any atom is -0.334 e. The highest BCUT2D eigenvalue weighted by Gasteiger charge is 2.08. The quantitative estimate of drug-likeness (QED) is 0.579. The zero-order valence-corrected chi connectivity index (χ0v) is 15.6. The van der Waals surface area contributed by atoms with E-state index in [4.69, 9.17) is 11.6 Å². The third kappa shape index (κ3) is 4.56. The molecule has 0 aliphatic heterocycles. The van der Waals surface area contributed by atoms with Gasteiger partial charge in [-0.15, -0.1) is 11.3 Å². The maximum atomic E-state index is 12.0. The second kappa shape index (κ2) is 7.79. The lowest BCUT2D eigenvalue weighted by Gasteiger charge is -2.05. The summed E-state index contributed by atoms with van der Waals surface area (Å²) in [5.74, 6) is 0. The summed E-state index contributed by atoms with van der Waals surface area (Å²) in [6.07, 6.45) is 0. The van der Waals surface area contributed by atoms with E-state index in [1.165, 1.54) is 11.3 Å². The van der Waals surface area contributed by atoms with Crippen LogP contribution >= 0.6 is 38.9 Å². The molecule has 4 nitrogen and oxygen atoms in total. The summed E-state index contributed by atoms with van der Waals surface area (Å²) in [7, 11) is 0. The molecule has 0 aliphatic carbocycles. The molecule has 0 aliphatic rings. The van der Waals surface area contributed by atoms with Crippen molar-refractivity contribution >= 4 is 50.0 Å². The molecule has 0 fully saturated rings. The van der Waals surface area contributed by atoms with Gasteiger partial charge in [-0.05, 0) is 29.8 Å². The molecule has 1 aromatic heterocycles. The standard InChI is InChI=1S/C17H13BrClN3OS/c18-13-5-3-12(4-6-13)15-10-24-17(21-15)22-16(23)20-9-11-1-7-14(19)8-2-11/h1-8,10H,9H2,(H2,20,21,22,23). The maximum Gasteiger partial charge on any atom is 0.321 e. The van der Waals surface area contributed by atoms with E-state index in [2.05, 4.69) is 31.5 Å². The maximum absolute atomic E-state index is 12.0. The van der Waals surface area contributed by atoms with Crippen molar-refractivity contribution in [3.05, 3.63) is 69.0 Å². The lowest BCUT2D eigenvalue weighted by atomic mass is 10.2. The van der Waals surface area contributed by atoms with Crippen molar-refractivity contribution in [2.24, 2.45) is 0 Å². The van der Waals surface area contributed by atoms with Crippen LogP contribution in [0.3, 0.4) is 0 Å². The van der Waals surface area contributed by atoms with Crippen molar-refractivity contribution in [3.63, 3.8) is 0 Å². The second-order valence-electron chi connectivity index (χ2n) is 4.98. The molecule has 2 aromatic carbocycles. The molecule has 2 N–H and O–H groups in total. The van der Waals surface area contributed by atoms with E-state index in [-0.39, 0.29) is 6.03 Å². The number of halogens is 2. The van der Waals surface area contributed by atoms with Crippen LogP contribution in [0.1, 0.15) is 5.56 Å². The number of carbonyl (C=O) groups excluding carboxylic acids is 1. The van der Waals surface area contributed by atoms with Crippen molar-refractivity contribution in [2.75, 3.05) is 5.32 Å². The summed E-state index contributed by atoms with van der Waals surface area (Å²) in [5.41, 5.74) is 2.81. The van der Waals surface area contributed by atoms with E-state index >= 15 is 0 Å². The number of thiazole rings is 1. The van der Waals surface area contributed by atoms with Crippen molar-refractivity contribution in [1.29, 1.82) is 0 Å². The third-order valence-electron chi connectivity index (χ3n) is 3.23. The number of benzene rings is 2. The number of anilines is 1. The van der Waals surface area contributed by atoms with Crippen LogP contribution in [0.5, 0.6) is 0 Å². The molecular weight excluding hydrogens is 410 g/mol. The van der Waals surface area contributed by atoms with Gasteiger partial charge in [-0.2, -0.15) is 0 Å². The normalized spacial score (nSPS) is 10.4. The summed E-state index contributed by atoms with van der Waals surface area (Å²) in [6, 6.07) is 14.9. The Labute approximate surface area is 157 Å². The number of aromatic nitrogens is 1. The number of nitrogens with one attached hydrogen (secondary N) is 2. The zero-order valence-electron chi connectivity index (χ0n) is 12.4. The molecule has 0 unspecified atom stereocenters. The molecule has 0 spiro atoms. The third-order valence-corrected chi connectivity index (χ3v) is 4.77. The van der Waals surface area contributed by atoms with E-state index in [1.54, 1.807) is 12.1 Å². The van der Waals surface area contributed by atoms with Gasteiger partial charge in [-0.25, -0.2) is 9.78 Å². The Morgan fingerprint density at radius 1 is 1.12 bits per heavy atom. The van der Waals surface area contributed by atoms with E-state index in [0.29, 0.717) is 16.7 Å². The Hall–Kier alpha value is -1.89. The van der Waals surface area contributed by atoms with Gasteiger partial charge in [-0.3, -0.25) is 5.32 Å². The van der Waals surface area contributed by atoms with Gasteiger partial charge in [0.1, 0.15) is 0 Å². The fourth-order valence-corrected chi connectivity index (χ4v) is 3.12. The first-order valence-corrected chi connectivity index (χ1v) is 9.16. The van der Waals surface area contributed by atoms with Crippen LogP contribution in [0.4, 0.5) is 9.93 Å². The zero-order chi connectivity index (χ0) is 16.9. The highest BCUT2D eigenvalue weighted by molar-refractivity contribution is 9.10. The molecule has 7 heteroatoms. The number of hydrogen-bond acceptors (Lipinski definition) is 3. The van der Waals surface area contributed by atoms with Crippen LogP contribution in [-0.4, -0.2) is 11.0 Å². The van der Waals surface area contributed by atoms with Crippen LogP contribution in [0.15, 0.2) is 58.4 Å². The molecule has 0 bridgehead atoms. The topological polar surface area (TPSA) is 54.0 Å². The number of amides is 2. The first-order chi connectivity index (χ1) is 11.6. The number of hydrogen-bond donors (Lipinski definition) is 2. The van der Waals surface area contributed by atoms with Gasteiger partial charge in [0.2, 0.25) is 0 Å². The first kappa shape index (κ1) is 17.0. The van der Waals surface area contributed by atoms with Gasteiger partial charge in [0, 0.05) is 27.0 Å². The minimum absolute atomic E-state index is 0.290. The average Bonchev–Trinajstić information content (AvgIpc) is 3.03. The molecule has 3 rings (SSSR count). The highest BCUT2D eigenvalue weighted by Crippen LogP contribution is 2.26. The van der Waals surface area contributed by atoms with Gasteiger partial charge in [0.05, 0.1) is 5.69 Å². The highest BCUT2D eigenvalue weighted by atomic mass is 79.9. The minimum atomic E-state index is -0.290. The van der Waals surface area contributed by atoms with Crippen LogP contribution < -0.4 is 10.6 Å². The molecule has 3 aromatic rings. The Morgan fingerprint density at radius 3 is 2.54 bits per heavy atom. The predicted molar refractivity (Wildman–Crippen MR) is 103 cm³/mol. The van der Waals surface area contributed by atoms with E-state index in [1.807, 2.05) is 41.8 Å². The van der Waals surface area contributed by atoms with Gasteiger partial charge in [-0.1, -0.05) is 51.8 Å². The van der Waals surface area contributed by atoms with E-state index in [0.717, 1.165) is 21.3 Å². The van der Waals surface area contributed by atoms with Crippen LogP contribution in [0, 0.1) is 0 Å². The molecule has 0 atom stereocenters. The van der Waals surface area contributed by atoms with Crippen molar-refractivity contribution in [2.45, 2.75) is 6.54 Å². The predicted octanol–water partition coefficient (Wildman–Crippen LogP) is 5.55. The van der Waals surface area contributed by atoms with Crippen molar-refractivity contribution < 1.29 is 4.79 Å². The monoisotopic (exact) mass is 421 g/mol. The van der Waals surface area contributed by atoms with Gasteiger partial charge in [0.25, 0.3) is 0 Å². The second-order valence-corrected chi connectivity index (χ2v) is 7.19. The fraction of sp³-hybridized carbons (Fsp3) is 0.0588. The number of rotatable bonds is 4. The molecular formula is C17H13BrClN3OS. The van der Waals surface area contributed by atoms with Gasteiger partial charge < -0.3 is 5.32 Å². The van der Waals surface area contributed by atoms with Crippen LogP contribution in [0.25, 0.3) is 11.3 Å². The molecule has 2 amide bonds. The average molecular weight is 423 g/mol. The molecule has 0 saturated heterocycles. The number of carbonyl (C=O) groups is 1.